The molecule has 18 heavy (non-hydrogen) atoms. The molecular weight excluding hydrogens is 226 g/mol. The molecule has 3 heterocycles. The van der Waals surface area contributed by atoms with Crippen molar-refractivity contribution < 1.29 is 0 Å². The van der Waals surface area contributed by atoms with Crippen molar-refractivity contribution in [2.45, 2.75) is 13.5 Å². The fourth-order valence-electron chi connectivity index (χ4n) is 1.93. The van der Waals surface area contributed by atoms with Gasteiger partial charge in [0, 0.05) is 30.1 Å². The lowest BCUT2D eigenvalue weighted by atomic mass is 10.1. The van der Waals surface area contributed by atoms with E-state index < -0.39 is 0 Å². The molecule has 0 saturated carbocycles. The molecule has 0 spiro atoms. The van der Waals surface area contributed by atoms with E-state index in [1.165, 1.54) is 0 Å². The van der Waals surface area contributed by atoms with Crippen molar-refractivity contribution in [1.82, 2.24) is 19.4 Å². The first kappa shape index (κ1) is 10.5. The zero-order valence-electron chi connectivity index (χ0n) is 9.91. The second-order valence-corrected chi connectivity index (χ2v) is 4.00. The molecule has 0 atom stereocenters. The van der Waals surface area contributed by atoms with Gasteiger partial charge in [-0.1, -0.05) is 6.07 Å². The molecular formula is C13H11N5. The highest BCUT2D eigenvalue weighted by Gasteiger charge is 2.06. The Balaban J connectivity index is 2.11. The van der Waals surface area contributed by atoms with E-state index in [4.69, 9.17) is 5.26 Å². The molecule has 3 aromatic heterocycles. The number of hydrogen-bond acceptors (Lipinski definition) is 3. The third kappa shape index (κ3) is 1.55. The van der Waals surface area contributed by atoms with Gasteiger partial charge in [0.15, 0.2) is 0 Å². The van der Waals surface area contributed by atoms with Crippen molar-refractivity contribution in [1.29, 1.82) is 5.26 Å². The summed E-state index contributed by atoms with van der Waals surface area (Å²) in [7, 11) is 0. The standard InChI is InChI=1S/C13H11N5/c1-2-17-8-12(7-15-17)10-3-4-13-11(5-14)6-16-18(13)9-10/h3-4,6-9H,2H2,1H3. The van der Waals surface area contributed by atoms with Crippen molar-refractivity contribution >= 4 is 5.52 Å². The van der Waals surface area contributed by atoms with E-state index in [-0.39, 0.29) is 0 Å². The van der Waals surface area contributed by atoms with E-state index in [0.29, 0.717) is 5.56 Å². The van der Waals surface area contributed by atoms with Gasteiger partial charge in [-0.3, -0.25) is 4.68 Å². The molecule has 3 aromatic rings. The molecule has 0 aliphatic heterocycles. The summed E-state index contributed by atoms with van der Waals surface area (Å²) in [4.78, 5) is 0. The number of aromatic nitrogens is 4. The number of pyridine rings is 1. The normalized spacial score (nSPS) is 10.7. The molecule has 0 radical (unpaired) electrons. The average molecular weight is 237 g/mol. The zero-order valence-corrected chi connectivity index (χ0v) is 9.91. The van der Waals surface area contributed by atoms with Crippen LogP contribution in [0.4, 0.5) is 0 Å². The molecule has 0 saturated heterocycles. The van der Waals surface area contributed by atoms with Crippen LogP contribution in [0.3, 0.4) is 0 Å². The summed E-state index contributed by atoms with van der Waals surface area (Å²) in [5.74, 6) is 0. The fraction of sp³-hybridized carbons (Fsp3) is 0.154. The van der Waals surface area contributed by atoms with E-state index >= 15 is 0 Å². The molecule has 0 aromatic carbocycles. The molecule has 5 heteroatoms. The van der Waals surface area contributed by atoms with Gasteiger partial charge in [-0.25, -0.2) is 4.52 Å². The largest absolute Gasteiger partial charge is 0.272 e. The Labute approximate surface area is 104 Å². The summed E-state index contributed by atoms with van der Waals surface area (Å²) in [5.41, 5.74) is 3.50. The Morgan fingerprint density at radius 1 is 1.17 bits per heavy atom. The molecule has 0 bridgehead atoms. The number of nitriles is 1. The molecule has 3 rings (SSSR count). The Morgan fingerprint density at radius 3 is 2.78 bits per heavy atom. The Hall–Kier alpha value is -2.61. The third-order valence-corrected chi connectivity index (χ3v) is 2.93. The van der Waals surface area contributed by atoms with Gasteiger partial charge in [0.05, 0.1) is 23.5 Å². The van der Waals surface area contributed by atoms with Crippen LogP contribution in [-0.4, -0.2) is 19.4 Å². The van der Waals surface area contributed by atoms with Gasteiger partial charge in [-0.2, -0.15) is 15.5 Å². The summed E-state index contributed by atoms with van der Waals surface area (Å²) in [6.07, 6.45) is 7.32. The van der Waals surface area contributed by atoms with Crippen molar-refractivity contribution in [2.24, 2.45) is 0 Å². The molecule has 0 aliphatic rings. The van der Waals surface area contributed by atoms with Gasteiger partial charge in [0.25, 0.3) is 0 Å². The quantitative estimate of drug-likeness (QED) is 0.685. The van der Waals surface area contributed by atoms with Crippen LogP contribution in [0.5, 0.6) is 0 Å². The van der Waals surface area contributed by atoms with Gasteiger partial charge in [0.1, 0.15) is 6.07 Å². The lowest BCUT2D eigenvalue weighted by Gasteiger charge is -1.99. The highest BCUT2D eigenvalue weighted by molar-refractivity contribution is 5.67. The summed E-state index contributed by atoms with van der Waals surface area (Å²) < 4.78 is 3.60. The molecule has 0 unspecified atom stereocenters. The Kier molecular flexibility index (Phi) is 2.34. The maximum atomic E-state index is 8.93. The van der Waals surface area contributed by atoms with E-state index in [9.17, 15) is 0 Å². The minimum atomic E-state index is 0.589. The van der Waals surface area contributed by atoms with E-state index in [1.807, 2.05) is 42.3 Å². The predicted octanol–water partition coefficient (Wildman–Crippen LogP) is 2.09. The number of nitrogens with zero attached hydrogens (tertiary/aromatic N) is 5. The molecule has 0 amide bonds. The summed E-state index contributed by atoms with van der Waals surface area (Å²) in [6.45, 7) is 2.90. The van der Waals surface area contributed by atoms with Crippen LogP contribution >= 0.6 is 0 Å². The van der Waals surface area contributed by atoms with Crippen LogP contribution < -0.4 is 0 Å². The molecule has 5 nitrogen and oxygen atoms in total. The summed E-state index contributed by atoms with van der Waals surface area (Å²) in [6, 6.07) is 6.01. The zero-order chi connectivity index (χ0) is 12.5. The van der Waals surface area contributed by atoms with Gasteiger partial charge in [-0.05, 0) is 13.0 Å². The lowest BCUT2D eigenvalue weighted by molar-refractivity contribution is 0.660. The number of fused-ring (bicyclic) bond motifs is 1. The van der Waals surface area contributed by atoms with Crippen molar-refractivity contribution in [3.63, 3.8) is 0 Å². The molecule has 88 valence electrons. The van der Waals surface area contributed by atoms with E-state index in [1.54, 1.807) is 10.7 Å². The second-order valence-electron chi connectivity index (χ2n) is 4.00. The van der Waals surface area contributed by atoms with E-state index in [2.05, 4.69) is 16.3 Å². The maximum Gasteiger partial charge on any atom is 0.103 e. The first-order chi connectivity index (χ1) is 8.81. The minimum Gasteiger partial charge on any atom is -0.272 e. The van der Waals surface area contributed by atoms with Crippen molar-refractivity contribution in [3.05, 3.63) is 42.5 Å². The van der Waals surface area contributed by atoms with Gasteiger partial charge < -0.3 is 0 Å². The van der Waals surface area contributed by atoms with Crippen LogP contribution in [0.15, 0.2) is 36.9 Å². The first-order valence-corrected chi connectivity index (χ1v) is 5.72. The highest BCUT2D eigenvalue weighted by atomic mass is 15.3. The van der Waals surface area contributed by atoms with Gasteiger partial charge in [0.2, 0.25) is 0 Å². The average Bonchev–Trinajstić information content (AvgIpc) is 3.04. The third-order valence-electron chi connectivity index (χ3n) is 2.93. The predicted molar refractivity (Wildman–Crippen MR) is 66.8 cm³/mol. The summed E-state index contributed by atoms with van der Waals surface area (Å²) in [5, 5.41) is 17.3. The second kappa shape index (κ2) is 4.00. The molecule has 0 fully saturated rings. The highest BCUT2D eigenvalue weighted by Crippen LogP contribution is 2.20. The number of hydrogen-bond donors (Lipinski definition) is 0. The Bertz CT molecular complexity index is 744. The fourth-order valence-corrected chi connectivity index (χ4v) is 1.93. The number of aryl methyl sites for hydroxylation is 1. The minimum absolute atomic E-state index is 0.589. The van der Waals surface area contributed by atoms with E-state index in [0.717, 1.165) is 23.2 Å². The lowest BCUT2D eigenvalue weighted by Crippen LogP contribution is -1.92. The molecule has 0 aliphatic carbocycles. The smallest absolute Gasteiger partial charge is 0.103 e. The van der Waals surface area contributed by atoms with Crippen molar-refractivity contribution in [3.8, 4) is 17.2 Å². The van der Waals surface area contributed by atoms with Crippen LogP contribution in [-0.2, 0) is 6.54 Å². The van der Waals surface area contributed by atoms with Crippen molar-refractivity contribution in [2.75, 3.05) is 0 Å². The molecule has 0 N–H and O–H groups in total. The summed E-state index contributed by atoms with van der Waals surface area (Å²) >= 11 is 0. The first-order valence-electron chi connectivity index (χ1n) is 5.72. The Morgan fingerprint density at radius 2 is 2.06 bits per heavy atom. The number of rotatable bonds is 2. The van der Waals surface area contributed by atoms with Gasteiger partial charge >= 0.3 is 0 Å². The monoisotopic (exact) mass is 237 g/mol. The van der Waals surface area contributed by atoms with Crippen LogP contribution in [0, 0.1) is 11.3 Å². The van der Waals surface area contributed by atoms with Crippen LogP contribution in [0.25, 0.3) is 16.6 Å². The maximum absolute atomic E-state index is 8.93. The SMILES string of the molecule is CCn1cc(-c2ccc3c(C#N)cnn3c2)cn1. The van der Waals surface area contributed by atoms with Crippen LogP contribution in [0.1, 0.15) is 12.5 Å². The topological polar surface area (TPSA) is 58.9 Å². The van der Waals surface area contributed by atoms with Gasteiger partial charge in [-0.15, -0.1) is 0 Å². The van der Waals surface area contributed by atoms with Crippen LogP contribution in [0.2, 0.25) is 0 Å².